The highest BCUT2D eigenvalue weighted by molar-refractivity contribution is 6.23. The molecule has 0 spiro atoms. The zero-order valence-electron chi connectivity index (χ0n) is 25.2. The van der Waals surface area contributed by atoms with Gasteiger partial charge in [0.15, 0.2) is 0 Å². The predicted octanol–water partition coefficient (Wildman–Crippen LogP) is 12.9. The van der Waals surface area contributed by atoms with E-state index in [1.165, 1.54) is 98.7 Å². The van der Waals surface area contributed by atoms with Crippen LogP contribution in [0.2, 0.25) is 0 Å². The molecule has 0 aliphatic heterocycles. The summed E-state index contributed by atoms with van der Waals surface area (Å²) in [6.45, 7) is 0. The number of hydrogen-bond donors (Lipinski definition) is 0. The van der Waals surface area contributed by atoms with Crippen LogP contribution in [-0.2, 0) is 0 Å². The topological polar surface area (TPSA) is 0 Å². The van der Waals surface area contributed by atoms with Crippen molar-refractivity contribution in [3.8, 4) is 55.6 Å². The fraction of sp³-hybridized carbons (Fsp3) is 0. The molecule has 0 heterocycles. The molecular formula is C46H28. The molecule has 0 bridgehead atoms. The smallest absolute Gasteiger partial charge is 0.00199 e. The Morgan fingerprint density at radius 1 is 0.239 bits per heavy atom. The Labute approximate surface area is 267 Å². The van der Waals surface area contributed by atoms with Crippen molar-refractivity contribution in [3.63, 3.8) is 0 Å². The molecule has 0 saturated heterocycles. The Morgan fingerprint density at radius 3 is 1.48 bits per heavy atom. The maximum atomic E-state index is 2.35. The van der Waals surface area contributed by atoms with Gasteiger partial charge in [-0.25, -0.2) is 0 Å². The molecule has 0 nitrogen and oxygen atoms in total. The molecule has 0 radical (unpaired) electrons. The minimum Gasteiger partial charge on any atom is -0.0622 e. The van der Waals surface area contributed by atoms with Crippen molar-refractivity contribution in [2.45, 2.75) is 0 Å². The number of fused-ring (bicyclic) bond motifs is 7. The van der Waals surface area contributed by atoms with Crippen LogP contribution in [0.5, 0.6) is 0 Å². The van der Waals surface area contributed by atoms with Gasteiger partial charge in [0, 0.05) is 0 Å². The SMILES string of the molecule is c1ccc(-c2ccc3cc(-c4ccc5cc(-c6ccc7c8c(cccc68)-c6ccc8ccccc8c6-7)ccc5c4)ccc3c2)cc1. The Kier molecular flexibility index (Phi) is 5.38. The fourth-order valence-electron chi connectivity index (χ4n) is 7.71. The van der Waals surface area contributed by atoms with Gasteiger partial charge in [0.2, 0.25) is 0 Å². The molecule has 0 amide bonds. The molecule has 9 aromatic carbocycles. The third kappa shape index (κ3) is 3.81. The third-order valence-corrected chi connectivity index (χ3v) is 9.96. The van der Waals surface area contributed by atoms with Crippen LogP contribution in [0.25, 0.3) is 98.7 Å². The van der Waals surface area contributed by atoms with Crippen LogP contribution in [0, 0.1) is 0 Å². The van der Waals surface area contributed by atoms with Gasteiger partial charge in [0.25, 0.3) is 0 Å². The highest BCUT2D eigenvalue weighted by atomic mass is 14.3. The summed E-state index contributed by atoms with van der Waals surface area (Å²) in [6.07, 6.45) is 0. The lowest BCUT2D eigenvalue weighted by Gasteiger charge is -2.12. The molecule has 1 aliphatic rings. The molecule has 0 saturated carbocycles. The Balaban J connectivity index is 1.03. The first-order chi connectivity index (χ1) is 22.8. The van der Waals surface area contributed by atoms with E-state index >= 15 is 0 Å². The summed E-state index contributed by atoms with van der Waals surface area (Å²) in [5, 5.41) is 10.3. The van der Waals surface area contributed by atoms with Crippen molar-refractivity contribution >= 4 is 43.1 Å². The van der Waals surface area contributed by atoms with Crippen LogP contribution in [0.15, 0.2) is 170 Å². The summed E-state index contributed by atoms with van der Waals surface area (Å²) in [5.74, 6) is 0. The van der Waals surface area contributed by atoms with Gasteiger partial charge in [-0.1, -0.05) is 146 Å². The largest absolute Gasteiger partial charge is 0.0622 e. The zero-order chi connectivity index (χ0) is 30.2. The molecule has 0 N–H and O–H groups in total. The van der Waals surface area contributed by atoms with Crippen molar-refractivity contribution < 1.29 is 0 Å². The molecule has 10 rings (SSSR count). The average molecular weight is 581 g/mol. The lowest BCUT2D eigenvalue weighted by atomic mass is 9.92. The first-order valence-electron chi connectivity index (χ1n) is 16.0. The van der Waals surface area contributed by atoms with Gasteiger partial charge in [-0.2, -0.15) is 0 Å². The van der Waals surface area contributed by atoms with E-state index in [1.54, 1.807) is 0 Å². The van der Waals surface area contributed by atoms with Crippen molar-refractivity contribution in [2.75, 3.05) is 0 Å². The van der Waals surface area contributed by atoms with Gasteiger partial charge >= 0.3 is 0 Å². The summed E-state index contributed by atoms with van der Waals surface area (Å²) < 4.78 is 0. The fourth-order valence-corrected chi connectivity index (χ4v) is 7.71. The molecule has 0 unspecified atom stereocenters. The predicted molar refractivity (Wildman–Crippen MR) is 197 cm³/mol. The highest BCUT2D eigenvalue weighted by Crippen LogP contribution is 2.51. The van der Waals surface area contributed by atoms with E-state index in [2.05, 4.69) is 170 Å². The lowest BCUT2D eigenvalue weighted by Crippen LogP contribution is -1.85. The summed E-state index contributed by atoms with van der Waals surface area (Å²) in [5.41, 5.74) is 12.9. The van der Waals surface area contributed by atoms with E-state index in [0.717, 1.165) is 0 Å². The quantitative estimate of drug-likeness (QED) is 0.195. The van der Waals surface area contributed by atoms with Crippen molar-refractivity contribution in [3.05, 3.63) is 170 Å². The van der Waals surface area contributed by atoms with Crippen molar-refractivity contribution in [2.24, 2.45) is 0 Å². The van der Waals surface area contributed by atoms with Crippen LogP contribution in [0.4, 0.5) is 0 Å². The minimum atomic E-state index is 1.24. The minimum absolute atomic E-state index is 1.24. The second-order valence-corrected chi connectivity index (χ2v) is 12.5. The van der Waals surface area contributed by atoms with Gasteiger partial charge in [-0.15, -0.1) is 0 Å². The van der Waals surface area contributed by atoms with Crippen LogP contribution in [-0.4, -0.2) is 0 Å². The molecular weight excluding hydrogens is 553 g/mol. The van der Waals surface area contributed by atoms with Crippen molar-refractivity contribution in [1.29, 1.82) is 0 Å². The van der Waals surface area contributed by atoms with Crippen LogP contribution in [0.1, 0.15) is 0 Å². The molecule has 0 aromatic heterocycles. The first kappa shape index (κ1) is 25.4. The summed E-state index contributed by atoms with van der Waals surface area (Å²) >= 11 is 0. The van der Waals surface area contributed by atoms with E-state index in [4.69, 9.17) is 0 Å². The number of benzene rings is 9. The van der Waals surface area contributed by atoms with Gasteiger partial charge < -0.3 is 0 Å². The molecule has 0 atom stereocenters. The third-order valence-electron chi connectivity index (χ3n) is 9.96. The monoisotopic (exact) mass is 580 g/mol. The lowest BCUT2D eigenvalue weighted by molar-refractivity contribution is 1.63. The summed E-state index contributed by atoms with van der Waals surface area (Å²) in [7, 11) is 0. The molecule has 1 aliphatic carbocycles. The molecule has 212 valence electrons. The number of rotatable bonds is 3. The molecule has 9 aromatic rings. The second-order valence-electron chi connectivity index (χ2n) is 12.5. The van der Waals surface area contributed by atoms with Crippen LogP contribution < -0.4 is 0 Å². The van der Waals surface area contributed by atoms with Gasteiger partial charge in [-0.05, 0) is 123 Å². The van der Waals surface area contributed by atoms with E-state index < -0.39 is 0 Å². The van der Waals surface area contributed by atoms with Crippen molar-refractivity contribution in [1.82, 2.24) is 0 Å². The van der Waals surface area contributed by atoms with Crippen LogP contribution in [0.3, 0.4) is 0 Å². The molecule has 0 heteroatoms. The Hall–Kier alpha value is -5.98. The molecule has 0 fully saturated rings. The maximum absolute atomic E-state index is 2.35. The summed E-state index contributed by atoms with van der Waals surface area (Å²) in [4.78, 5) is 0. The van der Waals surface area contributed by atoms with Gasteiger partial charge in [0.1, 0.15) is 0 Å². The number of hydrogen-bond acceptors (Lipinski definition) is 0. The average Bonchev–Trinajstić information content (AvgIpc) is 3.46. The van der Waals surface area contributed by atoms with Gasteiger partial charge in [-0.3, -0.25) is 0 Å². The van der Waals surface area contributed by atoms with E-state index in [1.807, 2.05) is 0 Å². The summed E-state index contributed by atoms with van der Waals surface area (Å²) in [6, 6.07) is 62.7. The van der Waals surface area contributed by atoms with Gasteiger partial charge in [0.05, 0.1) is 0 Å². The Morgan fingerprint density at radius 2 is 0.761 bits per heavy atom. The zero-order valence-corrected chi connectivity index (χ0v) is 25.2. The molecule has 46 heavy (non-hydrogen) atoms. The second kappa shape index (κ2) is 9.76. The van der Waals surface area contributed by atoms with E-state index in [9.17, 15) is 0 Å². The van der Waals surface area contributed by atoms with E-state index in [-0.39, 0.29) is 0 Å². The van der Waals surface area contributed by atoms with E-state index in [0.29, 0.717) is 0 Å². The normalized spacial score (nSPS) is 11.9. The standard InChI is InChI=1S/C46H28/c1-2-7-29(8-3-1)31-13-14-33-26-34(16-15-32(33)25-31)35-17-18-37-28-38(20-19-36(37)27-35)39-23-24-44-45-40-10-5-4-9-30(40)21-22-43(45)42-12-6-11-41(39)46(42)44/h1-28H. The van der Waals surface area contributed by atoms with Crippen LogP contribution >= 0.6 is 0 Å². The first-order valence-corrected chi connectivity index (χ1v) is 16.0. The highest BCUT2D eigenvalue weighted by Gasteiger charge is 2.24. The Bertz CT molecular complexity index is 2680. The maximum Gasteiger partial charge on any atom is -0.00199 e.